The molecular formula is C25H22N4O. The molecule has 1 amide bonds. The number of hydrogen-bond acceptors (Lipinski definition) is 3. The van der Waals surface area contributed by atoms with Crippen LogP contribution in [0.3, 0.4) is 0 Å². The van der Waals surface area contributed by atoms with Crippen molar-refractivity contribution in [2.24, 2.45) is 5.10 Å². The molecule has 1 aromatic heterocycles. The van der Waals surface area contributed by atoms with E-state index >= 15 is 0 Å². The molecule has 0 fully saturated rings. The quantitative estimate of drug-likeness (QED) is 0.382. The summed E-state index contributed by atoms with van der Waals surface area (Å²) in [7, 11) is 0. The van der Waals surface area contributed by atoms with E-state index in [1.165, 1.54) is 5.56 Å². The van der Waals surface area contributed by atoms with Crippen LogP contribution in [-0.2, 0) is 6.54 Å². The van der Waals surface area contributed by atoms with Gasteiger partial charge in [0.2, 0.25) is 0 Å². The third-order valence-corrected chi connectivity index (χ3v) is 4.71. The van der Waals surface area contributed by atoms with Crippen molar-refractivity contribution in [3.05, 3.63) is 113 Å². The summed E-state index contributed by atoms with van der Waals surface area (Å²) < 4.78 is 1.89. The molecule has 0 aliphatic rings. The van der Waals surface area contributed by atoms with Crippen LogP contribution in [0.25, 0.3) is 11.3 Å². The van der Waals surface area contributed by atoms with Crippen LogP contribution < -0.4 is 5.43 Å². The molecule has 5 nitrogen and oxygen atoms in total. The van der Waals surface area contributed by atoms with Gasteiger partial charge < -0.3 is 0 Å². The number of amides is 1. The second-order valence-corrected chi connectivity index (χ2v) is 7.05. The van der Waals surface area contributed by atoms with Gasteiger partial charge in [0.25, 0.3) is 5.91 Å². The molecule has 0 radical (unpaired) electrons. The molecule has 0 saturated carbocycles. The standard InChI is InChI=1S/C25H22N4O/c1-19-12-14-21(15-13-19)24-23(16-26-27-25(30)22-10-6-3-7-11-22)18-29(28-24)17-20-8-4-2-5-9-20/h2-16,18H,17H2,1H3,(H,27,30)/b26-16-. The van der Waals surface area contributed by atoms with Crippen molar-refractivity contribution >= 4 is 12.1 Å². The number of carbonyl (C=O) groups is 1. The van der Waals surface area contributed by atoms with E-state index in [-0.39, 0.29) is 5.91 Å². The Kier molecular flexibility index (Phi) is 5.80. The maximum Gasteiger partial charge on any atom is 0.271 e. The van der Waals surface area contributed by atoms with Crippen LogP contribution in [0.15, 0.2) is 96.2 Å². The highest BCUT2D eigenvalue weighted by Crippen LogP contribution is 2.22. The monoisotopic (exact) mass is 394 g/mol. The van der Waals surface area contributed by atoms with Crippen LogP contribution >= 0.6 is 0 Å². The first kappa shape index (κ1) is 19.3. The molecule has 4 rings (SSSR count). The first-order valence-electron chi connectivity index (χ1n) is 9.76. The van der Waals surface area contributed by atoms with E-state index in [2.05, 4.69) is 41.7 Å². The zero-order chi connectivity index (χ0) is 20.8. The zero-order valence-electron chi connectivity index (χ0n) is 16.7. The highest BCUT2D eigenvalue weighted by molar-refractivity contribution is 5.95. The number of aromatic nitrogens is 2. The topological polar surface area (TPSA) is 59.3 Å². The van der Waals surface area contributed by atoms with Gasteiger partial charge in [-0.25, -0.2) is 5.43 Å². The highest BCUT2D eigenvalue weighted by Gasteiger charge is 2.11. The van der Waals surface area contributed by atoms with Crippen molar-refractivity contribution in [3.8, 4) is 11.3 Å². The van der Waals surface area contributed by atoms with E-state index in [0.717, 1.165) is 22.4 Å². The maximum absolute atomic E-state index is 12.2. The summed E-state index contributed by atoms with van der Waals surface area (Å²) in [5, 5.41) is 8.94. The fourth-order valence-electron chi connectivity index (χ4n) is 3.13. The van der Waals surface area contributed by atoms with E-state index < -0.39 is 0 Å². The Balaban J connectivity index is 1.59. The van der Waals surface area contributed by atoms with Crippen molar-refractivity contribution in [1.29, 1.82) is 0 Å². The predicted molar refractivity (Wildman–Crippen MR) is 119 cm³/mol. The molecule has 0 bridgehead atoms. The van der Waals surface area contributed by atoms with Crippen LogP contribution in [-0.4, -0.2) is 21.9 Å². The maximum atomic E-state index is 12.2. The van der Waals surface area contributed by atoms with Crippen LogP contribution in [0.5, 0.6) is 0 Å². The summed E-state index contributed by atoms with van der Waals surface area (Å²) in [6.45, 7) is 2.71. The zero-order valence-corrected chi connectivity index (χ0v) is 16.7. The molecule has 3 aromatic carbocycles. The molecular weight excluding hydrogens is 372 g/mol. The Morgan fingerprint density at radius 2 is 1.63 bits per heavy atom. The lowest BCUT2D eigenvalue weighted by Gasteiger charge is -2.02. The highest BCUT2D eigenvalue weighted by atomic mass is 16.2. The molecule has 30 heavy (non-hydrogen) atoms. The molecule has 1 N–H and O–H groups in total. The largest absolute Gasteiger partial charge is 0.271 e. The van der Waals surface area contributed by atoms with Gasteiger partial charge in [-0.1, -0.05) is 78.4 Å². The molecule has 4 aromatic rings. The van der Waals surface area contributed by atoms with Gasteiger partial charge in [-0.3, -0.25) is 9.48 Å². The van der Waals surface area contributed by atoms with Gasteiger partial charge in [-0.05, 0) is 24.6 Å². The van der Waals surface area contributed by atoms with Crippen molar-refractivity contribution < 1.29 is 4.79 Å². The summed E-state index contributed by atoms with van der Waals surface area (Å²) >= 11 is 0. The average molecular weight is 394 g/mol. The third kappa shape index (κ3) is 4.70. The van der Waals surface area contributed by atoms with E-state index in [1.54, 1.807) is 18.3 Å². The number of carbonyl (C=O) groups excluding carboxylic acids is 1. The van der Waals surface area contributed by atoms with Crippen LogP contribution in [0.4, 0.5) is 0 Å². The van der Waals surface area contributed by atoms with Crippen LogP contribution in [0.1, 0.15) is 27.0 Å². The molecule has 0 aliphatic heterocycles. The number of benzene rings is 3. The van der Waals surface area contributed by atoms with Crippen molar-refractivity contribution in [2.45, 2.75) is 13.5 Å². The van der Waals surface area contributed by atoms with Crippen LogP contribution in [0.2, 0.25) is 0 Å². The normalized spacial score (nSPS) is 11.0. The van der Waals surface area contributed by atoms with Gasteiger partial charge in [0, 0.05) is 22.9 Å². The second-order valence-electron chi connectivity index (χ2n) is 7.05. The number of nitrogens with one attached hydrogen (secondary N) is 1. The van der Waals surface area contributed by atoms with Gasteiger partial charge in [-0.15, -0.1) is 0 Å². The van der Waals surface area contributed by atoms with Gasteiger partial charge in [0.05, 0.1) is 12.8 Å². The smallest absolute Gasteiger partial charge is 0.267 e. The average Bonchev–Trinajstić information content (AvgIpc) is 3.18. The minimum absolute atomic E-state index is 0.250. The van der Waals surface area contributed by atoms with Crippen molar-refractivity contribution in [1.82, 2.24) is 15.2 Å². The first-order chi connectivity index (χ1) is 14.7. The fraction of sp³-hybridized carbons (Fsp3) is 0.0800. The van der Waals surface area contributed by atoms with Gasteiger partial charge in [0.15, 0.2) is 0 Å². The molecule has 148 valence electrons. The fourth-order valence-corrected chi connectivity index (χ4v) is 3.13. The first-order valence-corrected chi connectivity index (χ1v) is 9.76. The Morgan fingerprint density at radius 1 is 0.967 bits per heavy atom. The Hall–Kier alpha value is -3.99. The molecule has 0 saturated heterocycles. The van der Waals surface area contributed by atoms with Gasteiger partial charge in [0.1, 0.15) is 5.69 Å². The van der Waals surface area contributed by atoms with E-state index in [1.807, 2.05) is 59.4 Å². The lowest BCUT2D eigenvalue weighted by Crippen LogP contribution is -2.17. The number of hydrogen-bond donors (Lipinski definition) is 1. The van der Waals surface area contributed by atoms with Gasteiger partial charge in [-0.2, -0.15) is 10.2 Å². The molecule has 0 unspecified atom stereocenters. The summed E-state index contributed by atoms with van der Waals surface area (Å²) in [5.41, 5.74) is 8.16. The molecule has 1 heterocycles. The number of rotatable bonds is 6. The SMILES string of the molecule is Cc1ccc(-c2nn(Cc3ccccc3)cc2/C=N\NC(=O)c2ccccc2)cc1. The van der Waals surface area contributed by atoms with E-state index in [4.69, 9.17) is 5.10 Å². The Morgan fingerprint density at radius 3 is 2.33 bits per heavy atom. The molecule has 0 aliphatic carbocycles. The molecule has 0 spiro atoms. The van der Waals surface area contributed by atoms with E-state index in [9.17, 15) is 4.79 Å². The van der Waals surface area contributed by atoms with Crippen LogP contribution in [0, 0.1) is 6.92 Å². The number of nitrogens with zero attached hydrogens (tertiary/aromatic N) is 3. The third-order valence-electron chi connectivity index (χ3n) is 4.71. The number of hydrazone groups is 1. The van der Waals surface area contributed by atoms with Crippen molar-refractivity contribution in [2.75, 3.05) is 0 Å². The summed E-state index contributed by atoms with van der Waals surface area (Å²) in [6.07, 6.45) is 3.59. The minimum atomic E-state index is -0.250. The molecule has 5 heteroatoms. The lowest BCUT2D eigenvalue weighted by molar-refractivity contribution is 0.0955. The van der Waals surface area contributed by atoms with E-state index in [0.29, 0.717) is 12.1 Å². The predicted octanol–water partition coefficient (Wildman–Crippen LogP) is 4.67. The lowest BCUT2D eigenvalue weighted by atomic mass is 10.1. The summed E-state index contributed by atoms with van der Waals surface area (Å²) in [4.78, 5) is 12.2. The van der Waals surface area contributed by atoms with Gasteiger partial charge >= 0.3 is 0 Å². The summed E-state index contributed by atoms with van der Waals surface area (Å²) in [5.74, 6) is -0.250. The van der Waals surface area contributed by atoms with Crippen molar-refractivity contribution in [3.63, 3.8) is 0 Å². The molecule has 0 atom stereocenters. The minimum Gasteiger partial charge on any atom is -0.267 e. The Labute approximate surface area is 175 Å². The summed E-state index contributed by atoms with van der Waals surface area (Å²) in [6, 6.07) is 27.4. The number of aryl methyl sites for hydroxylation is 1. The second kappa shape index (κ2) is 9.01. The Bertz CT molecular complexity index is 1150.